The van der Waals surface area contributed by atoms with E-state index in [2.05, 4.69) is 77.5 Å². The second-order valence-electron chi connectivity index (χ2n) is 8.69. The van der Waals surface area contributed by atoms with Gasteiger partial charge in [-0.1, -0.05) is 42.5 Å². The number of hydrogen-bond donors (Lipinski definition) is 1. The molecule has 4 heteroatoms. The Morgan fingerprint density at radius 2 is 1.62 bits per heavy atom. The largest absolute Gasteiger partial charge is 0.491 e. The third-order valence-corrected chi connectivity index (χ3v) is 6.01. The van der Waals surface area contributed by atoms with Gasteiger partial charge < -0.3 is 10.1 Å². The lowest BCUT2D eigenvalue weighted by Crippen LogP contribution is -2.45. The van der Waals surface area contributed by atoms with Crippen molar-refractivity contribution in [3.63, 3.8) is 0 Å². The first kappa shape index (κ1) is 20.4. The molecule has 2 saturated heterocycles. The fourth-order valence-corrected chi connectivity index (χ4v) is 4.54. The standard InChI is InChI=1S/C25H35N3O/c1-20(2)29-25-8-4-3-7-23(25)24-17-26-13-16-28(24)19-22-11-9-21(10-12-22)18-27-14-5-6-15-27/h3-4,7-12,20,24,26H,5-6,13-19H2,1-2H3. The fourth-order valence-electron chi connectivity index (χ4n) is 4.54. The number of hydrogen-bond acceptors (Lipinski definition) is 4. The quantitative estimate of drug-likeness (QED) is 0.762. The van der Waals surface area contributed by atoms with Gasteiger partial charge in [0.15, 0.2) is 0 Å². The summed E-state index contributed by atoms with van der Waals surface area (Å²) in [6.45, 7) is 11.8. The molecule has 1 atom stereocenters. The molecule has 1 N–H and O–H groups in total. The van der Waals surface area contributed by atoms with Crippen LogP contribution in [0.1, 0.15) is 49.4 Å². The Morgan fingerprint density at radius 1 is 0.931 bits per heavy atom. The van der Waals surface area contributed by atoms with Crippen LogP contribution in [0.25, 0.3) is 0 Å². The molecule has 0 bridgehead atoms. The third kappa shape index (κ3) is 5.39. The van der Waals surface area contributed by atoms with Crippen LogP contribution in [0, 0.1) is 0 Å². The molecule has 2 aliphatic rings. The molecule has 29 heavy (non-hydrogen) atoms. The fraction of sp³-hybridized carbons (Fsp3) is 0.520. The van der Waals surface area contributed by atoms with Gasteiger partial charge in [0, 0.05) is 38.3 Å². The Hall–Kier alpha value is -1.88. The lowest BCUT2D eigenvalue weighted by Gasteiger charge is -2.37. The van der Waals surface area contributed by atoms with Crippen molar-refractivity contribution >= 4 is 0 Å². The first-order chi connectivity index (χ1) is 14.2. The molecule has 0 radical (unpaired) electrons. The third-order valence-electron chi connectivity index (χ3n) is 6.01. The van der Waals surface area contributed by atoms with E-state index in [1.807, 2.05) is 0 Å². The zero-order chi connectivity index (χ0) is 20.1. The number of ether oxygens (including phenoxy) is 1. The summed E-state index contributed by atoms with van der Waals surface area (Å²) < 4.78 is 6.12. The van der Waals surface area contributed by atoms with Gasteiger partial charge in [-0.2, -0.15) is 0 Å². The molecule has 2 aromatic rings. The van der Waals surface area contributed by atoms with Crippen molar-refractivity contribution in [3.05, 3.63) is 65.2 Å². The lowest BCUT2D eigenvalue weighted by molar-refractivity contribution is 0.147. The molecule has 2 heterocycles. The van der Waals surface area contributed by atoms with Gasteiger partial charge >= 0.3 is 0 Å². The van der Waals surface area contributed by atoms with Gasteiger partial charge in [0.2, 0.25) is 0 Å². The maximum Gasteiger partial charge on any atom is 0.124 e. The zero-order valence-electron chi connectivity index (χ0n) is 17.9. The minimum atomic E-state index is 0.185. The van der Waals surface area contributed by atoms with E-state index < -0.39 is 0 Å². The topological polar surface area (TPSA) is 27.7 Å². The summed E-state index contributed by atoms with van der Waals surface area (Å²) in [5, 5.41) is 3.58. The molecule has 4 rings (SSSR count). The highest BCUT2D eigenvalue weighted by Crippen LogP contribution is 2.32. The van der Waals surface area contributed by atoms with Crippen molar-refractivity contribution < 1.29 is 4.74 Å². The molecule has 0 saturated carbocycles. The number of nitrogens with zero attached hydrogens (tertiary/aromatic N) is 2. The van der Waals surface area contributed by atoms with Crippen LogP contribution in [0.3, 0.4) is 0 Å². The van der Waals surface area contributed by atoms with Gasteiger partial charge in [-0.25, -0.2) is 0 Å². The molecule has 0 aliphatic carbocycles. The first-order valence-electron chi connectivity index (χ1n) is 11.2. The number of likely N-dealkylation sites (tertiary alicyclic amines) is 1. The molecule has 156 valence electrons. The van der Waals surface area contributed by atoms with E-state index in [1.165, 1.54) is 42.6 Å². The maximum atomic E-state index is 6.12. The van der Waals surface area contributed by atoms with E-state index in [0.29, 0.717) is 6.04 Å². The minimum Gasteiger partial charge on any atom is -0.491 e. The smallest absolute Gasteiger partial charge is 0.124 e. The molecule has 4 nitrogen and oxygen atoms in total. The van der Waals surface area contributed by atoms with E-state index in [4.69, 9.17) is 4.74 Å². The normalized spacial score (nSPS) is 21.0. The molecule has 1 unspecified atom stereocenters. The Bertz CT molecular complexity index is 768. The van der Waals surface area contributed by atoms with Crippen LogP contribution < -0.4 is 10.1 Å². The zero-order valence-corrected chi connectivity index (χ0v) is 17.9. The highest BCUT2D eigenvalue weighted by atomic mass is 16.5. The predicted octanol–water partition coefficient (Wildman–Crippen LogP) is 4.22. The molecule has 2 aliphatic heterocycles. The molecule has 2 aromatic carbocycles. The number of nitrogens with one attached hydrogen (secondary N) is 1. The first-order valence-corrected chi connectivity index (χ1v) is 11.2. The Morgan fingerprint density at radius 3 is 2.34 bits per heavy atom. The summed E-state index contributed by atoms with van der Waals surface area (Å²) in [5.41, 5.74) is 4.12. The summed E-state index contributed by atoms with van der Waals surface area (Å²) in [6.07, 6.45) is 2.89. The molecular formula is C25H35N3O. The Labute approximate surface area is 175 Å². The molecule has 0 aromatic heterocycles. The van der Waals surface area contributed by atoms with Crippen molar-refractivity contribution in [3.8, 4) is 5.75 Å². The van der Waals surface area contributed by atoms with Crippen molar-refractivity contribution in [2.24, 2.45) is 0 Å². The van der Waals surface area contributed by atoms with Crippen LogP contribution in [-0.4, -0.2) is 48.6 Å². The van der Waals surface area contributed by atoms with Gasteiger partial charge in [-0.15, -0.1) is 0 Å². The van der Waals surface area contributed by atoms with E-state index in [1.54, 1.807) is 0 Å². The molecule has 0 amide bonds. The summed E-state index contributed by atoms with van der Waals surface area (Å²) >= 11 is 0. The van der Waals surface area contributed by atoms with Crippen LogP contribution in [0.5, 0.6) is 5.75 Å². The van der Waals surface area contributed by atoms with E-state index in [0.717, 1.165) is 38.5 Å². The van der Waals surface area contributed by atoms with E-state index in [-0.39, 0.29) is 6.10 Å². The van der Waals surface area contributed by atoms with E-state index >= 15 is 0 Å². The van der Waals surface area contributed by atoms with Gasteiger partial charge in [-0.05, 0) is 57.0 Å². The van der Waals surface area contributed by atoms with Gasteiger partial charge in [-0.3, -0.25) is 9.80 Å². The Balaban J connectivity index is 1.45. The van der Waals surface area contributed by atoms with Crippen LogP contribution in [-0.2, 0) is 13.1 Å². The molecule has 0 spiro atoms. The second kappa shape index (κ2) is 9.75. The lowest BCUT2D eigenvalue weighted by atomic mass is 10.0. The van der Waals surface area contributed by atoms with Crippen molar-refractivity contribution in [2.75, 3.05) is 32.7 Å². The summed E-state index contributed by atoms with van der Waals surface area (Å²) in [7, 11) is 0. The van der Waals surface area contributed by atoms with Crippen molar-refractivity contribution in [1.82, 2.24) is 15.1 Å². The van der Waals surface area contributed by atoms with Crippen LogP contribution >= 0.6 is 0 Å². The van der Waals surface area contributed by atoms with E-state index in [9.17, 15) is 0 Å². The number of para-hydroxylation sites is 1. The SMILES string of the molecule is CC(C)Oc1ccccc1C1CNCCN1Cc1ccc(CN2CCCC2)cc1. The number of piperazine rings is 1. The van der Waals surface area contributed by atoms with Crippen LogP contribution in [0.15, 0.2) is 48.5 Å². The summed E-state index contributed by atoms with van der Waals surface area (Å²) in [6, 6.07) is 18.1. The highest BCUT2D eigenvalue weighted by Gasteiger charge is 2.26. The monoisotopic (exact) mass is 393 g/mol. The van der Waals surface area contributed by atoms with Gasteiger partial charge in [0.1, 0.15) is 5.75 Å². The maximum absolute atomic E-state index is 6.12. The average molecular weight is 394 g/mol. The number of rotatable bonds is 7. The molecular weight excluding hydrogens is 358 g/mol. The van der Waals surface area contributed by atoms with Gasteiger partial charge in [0.05, 0.1) is 12.1 Å². The minimum absolute atomic E-state index is 0.185. The van der Waals surface area contributed by atoms with Crippen LogP contribution in [0.4, 0.5) is 0 Å². The van der Waals surface area contributed by atoms with Crippen LogP contribution in [0.2, 0.25) is 0 Å². The summed E-state index contributed by atoms with van der Waals surface area (Å²) in [4.78, 5) is 5.15. The second-order valence-corrected chi connectivity index (χ2v) is 8.69. The van der Waals surface area contributed by atoms with Crippen molar-refractivity contribution in [1.29, 1.82) is 0 Å². The van der Waals surface area contributed by atoms with Gasteiger partial charge in [0.25, 0.3) is 0 Å². The molecule has 2 fully saturated rings. The van der Waals surface area contributed by atoms with Crippen molar-refractivity contribution in [2.45, 2.75) is 51.9 Å². The Kier molecular flexibility index (Phi) is 6.86. The summed E-state index contributed by atoms with van der Waals surface area (Å²) in [5.74, 6) is 1.02. The highest BCUT2D eigenvalue weighted by molar-refractivity contribution is 5.37. The average Bonchev–Trinajstić information content (AvgIpc) is 3.23. The number of benzene rings is 2. The predicted molar refractivity (Wildman–Crippen MR) is 119 cm³/mol.